The number of primary amides is 1. The number of nitrogens with two attached hydrogens (primary N) is 2. The number of carbonyl (C=O) groups is 3. The minimum atomic E-state index is -0.645. The van der Waals surface area contributed by atoms with E-state index >= 15 is 0 Å². The van der Waals surface area contributed by atoms with E-state index in [2.05, 4.69) is 5.32 Å². The lowest BCUT2D eigenvalue weighted by molar-refractivity contribution is -0.134. The summed E-state index contributed by atoms with van der Waals surface area (Å²) in [5.41, 5.74) is 14.7. The summed E-state index contributed by atoms with van der Waals surface area (Å²) in [5.74, 6) is -0.0172. The van der Waals surface area contributed by atoms with Crippen LogP contribution in [0, 0.1) is 5.92 Å². The van der Waals surface area contributed by atoms with Gasteiger partial charge in [0.25, 0.3) is 11.8 Å². The van der Waals surface area contributed by atoms with Crippen molar-refractivity contribution in [1.82, 2.24) is 20.0 Å². The van der Waals surface area contributed by atoms with Crippen LogP contribution in [0.3, 0.4) is 0 Å². The summed E-state index contributed by atoms with van der Waals surface area (Å²) in [6.45, 7) is 4.31. The Kier molecular flexibility index (Phi) is 10.3. The molecule has 2 aromatic carbocycles. The number of anilines is 1. The number of amides is 3. The number of hydrogen-bond acceptors (Lipinski definition) is 6. The number of hydrogen-bond donors (Lipinski definition) is 3. The second-order valence-electron chi connectivity index (χ2n) is 9.74. The first-order valence-electron chi connectivity index (χ1n) is 13.6. The van der Waals surface area contributed by atoms with Gasteiger partial charge in [0.15, 0.2) is 0 Å². The van der Waals surface area contributed by atoms with Crippen LogP contribution < -0.4 is 21.5 Å². The molecule has 0 radical (unpaired) electrons. The van der Waals surface area contributed by atoms with Gasteiger partial charge in [0, 0.05) is 32.1 Å². The number of aromatic nitrogens is 2. The van der Waals surface area contributed by atoms with E-state index in [0.29, 0.717) is 29.1 Å². The first-order chi connectivity index (χ1) is 19.2. The number of carbonyl (C=O) groups excluding carboxylic acids is 3. The highest BCUT2D eigenvalue weighted by Crippen LogP contribution is 2.37. The molecule has 1 aliphatic carbocycles. The highest BCUT2D eigenvalue weighted by Gasteiger charge is 2.31. The van der Waals surface area contributed by atoms with E-state index in [1.54, 1.807) is 47.9 Å². The second-order valence-corrected chi connectivity index (χ2v) is 9.74. The normalized spacial score (nSPS) is 16.3. The molecule has 5 N–H and O–H groups in total. The molecule has 214 valence electrons. The summed E-state index contributed by atoms with van der Waals surface area (Å²) in [4.78, 5) is 38.9. The average molecular weight is 549 g/mol. The van der Waals surface area contributed by atoms with E-state index in [4.69, 9.17) is 21.3 Å². The first-order valence-corrected chi connectivity index (χ1v) is 13.6. The number of methoxy groups -OCH3 is 1. The fraction of sp³-hybridized carbons (Fsp3) is 0.400. The molecule has 10 nitrogen and oxygen atoms in total. The van der Waals surface area contributed by atoms with Crippen molar-refractivity contribution in [3.63, 3.8) is 0 Å². The van der Waals surface area contributed by atoms with Crippen LogP contribution >= 0.6 is 0 Å². The average Bonchev–Trinajstić information content (AvgIpc) is 3.33. The van der Waals surface area contributed by atoms with Crippen LogP contribution in [-0.2, 0) is 11.3 Å². The number of benzene rings is 2. The Morgan fingerprint density at radius 3 is 2.23 bits per heavy atom. The largest absolute Gasteiger partial charge is 0.496 e. The van der Waals surface area contributed by atoms with E-state index in [1.807, 2.05) is 38.1 Å². The summed E-state index contributed by atoms with van der Waals surface area (Å²) >= 11 is 0. The Labute approximate surface area is 235 Å². The molecule has 1 aromatic heterocycles. The number of rotatable bonds is 8. The molecule has 0 atom stereocenters. The molecule has 0 unspecified atom stereocenters. The summed E-state index contributed by atoms with van der Waals surface area (Å²) in [5, 5.41) is 7.60. The summed E-state index contributed by atoms with van der Waals surface area (Å²) < 4.78 is 6.95. The zero-order chi connectivity index (χ0) is 29.4. The molecule has 10 heteroatoms. The number of para-hydroxylation sites is 1. The maximum Gasteiger partial charge on any atom is 0.255 e. The molecule has 3 aromatic rings. The van der Waals surface area contributed by atoms with Crippen LogP contribution in [0.15, 0.2) is 48.5 Å². The third-order valence-corrected chi connectivity index (χ3v) is 7.06. The van der Waals surface area contributed by atoms with Crippen molar-refractivity contribution in [1.29, 1.82) is 0 Å². The highest BCUT2D eigenvalue weighted by atomic mass is 16.5. The fourth-order valence-electron chi connectivity index (χ4n) is 4.99. The Morgan fingerprint density at radius 2 is 1.65 bits per heavy atom. The molecule has 0 saturated heterocycles. The SMILES string of the molecule is CC.COc1ccccc1C(=O)NCc1ccc(-c2nn(C3CCC(C(=O)N(C)C)CC3)c(N)c2C(N)=O)cc1. The lowest BCUT2D eigenvalue weighted by Gasteiger charge is -2.30. The molecule has 0 bridgehead atoms. The van der Waals surface area contributed by atoms with Gasteiger partial charge < -0.3 is 26.4 Å². The fourth-order valence-corrected chi connectivity index (χ4v) is 4.99. The molecule has 1 aliphatic rings. The van der Waals surface area contributed by atoms with Crippen molar-refractivity contribution in [2.75, 3.05) is 26.9 Å². The standard InChI is InChI=1S/C28H34N6O4.C2H6/c1-33(2)28(37)19-12-14-20(15-13-19)34-25(29)23(26(30)35)24(32-34)18-10-8-17(9-11-18)16-31-27(36)21-6-4-5-7-22(21)38-3;1-2/h4-11,19-20H,12-16,29H2,1-3H3,(H2,30,35)(H,31,36);1-2H3. The van der Waals surface area contributed by atoms with Gasteiger partial charge in [-0.1, -0.05) is 50.2 Å². The van der Waals surface area contributed by atoms with E-state index in [-0.39, 0.29) is 35.2 Å². The van der Waals surface area contributed by atoms with E-state index in [9.17, 15) is 14.4 Å². The summed E-state index contributed by atoms with van der Waals surface area (Å²) in [7, 11) is 5.06. The molecule has 0 aliphatic heterocycles. The van der Waals surface area contributed by atoms with Crippen LogP contribution in [0.4, 0.5) is 5.82 Å². The van der Waals surface area contributed by atoms with Gasteiger partial charge in [-0.25, -0.2) is 4.68 Å². The monoisotopic (exact) mass is 548 g/mol. The quantitative estimate of drug-likeness (QED) is 0.388. The molecule has 3 amide bonds. The van der Waals surface area contributed by atoms with Gasteiger partial charge in [-0.05, 0) is 43.4 Å². The molecule has 40 heavy (non-hydrogen) atoms. The molecule has 1 saturated carbocycles. The number of ether oxygens (including phenoxy) is 1. The van der Waals surface area contributed by atoms with Gasteiger partial charge in [0.1, 0.15) is 22.8 Å². The predicted octanol–water partition coefficient (Wildman–Crippen LogP) is 4.02. The van der Waals surface area contributed by atoms with E-state index in [1.165, 1.54) is 7.11 Å². The van der Waals surface area contributed by atoms with Crippen LogP contribution in [0.2, 0.25) is 0 Å². The van der Waals surface area contributed by atoms with Crippen LogP contribution in [0.25, 0.3) is 11.3 Å². The van der Waals surface area contributed by atoms with Gasteiger partial charge in [-0.2, -0.15) is 5.10 Å². The zero-order valence-corrected chi connectivity index (χ0v) is 23.9. The number of nitrogens with zero attached hydrogens (tertiary/aromatic N) is 3. The van der Waals surface area contributed by atoms with Crippen molar-refractivity contribution < 1.29 is 19.1 Å². The maximum atomic E-state index is 12.6. The summed E-state index contributed by atoms with van der Waals surface area (Å²) in [6.07, 6.45) is 2.94. The minimum Gasteiger partial charge on any atom is -0.496 e. The highest BCUT2D eigenvalue weighted by molar-refractivity contribution is 6.03. The maximum absolute atomic E-state index is 12.6. The van der Waals surface area contributed by atoms with Crippen LogP contribution in [-0.4, -0.2) is 53.6 Å². The zero-order valence-electron chi connectivity index (χ0n) is 23.9. The Morgan fingerprint density at radius 1 is 1.02 bits per heavy atom. The Bertz CT molecular complexity index is 1320. The third kappa shape index (κ3) is 6.62. The van der Waals surface area contributed by atoms with Gasteiger partial charge in [-0.3, -0.25) is 14.4 Å². The summed E-state index contributed by atoms with van der Waals surface area (Å²) in [6, 6.07) is 14.4. The molecule has 4 rings (SSSR count). The first kappa shape index (κ1) is 30.2. The molecule has 0 spiro atoms. The van der Waals surface area contributed by atoms with Crippen LogP contribution in [0.1, 0.15) is 71.9 Å². The van der Waals surface area contributed by atoms with E-state index < -0.39 is 5.91 Å². The predicted molar refractivity (Wildman–Crippen MR) is 156 cm³/mol. The van der Waals surface area contributed by atoms with Crippen molar-refractivity contribution in [2.45, 2.75) is 52.1 Å². The van der Waals surface area contributed by atoms with Gasteiger partial charge in [-0.15, -0.1) is 0 Å². The van der Waals surface area contributed by atoms with E-state index in [0.717, 1.165) is 31.2 Å². The molecule has 1 heterocycles. The van der Waals surface area contributed by atoms with Crippen molar-refractivity contribution in [3.8, 4) is 17.0 Å². The molecule has 1 fully saturated rings. The topological polar surface area (TPSA) is 146 Å². The van der Waals surface area contributed by atoms with Crippen molar-refractivity contribution in [2.24, 2.45) is 11.7 Å². The minimum absolute atomic E-state index is 0.0101. The smallest absolute Gasteiger partial charge is 0.255 e. The Hall–Kier alpha value is -4.34. The van der Waals surface area contributed by atoms with Gasteiger partial charge >= 0.3 is 0 Å². The Balaban J connectivity index is 0.00000216. The lowest BCUT2D eigenvalue weighted by Crippen LogP contribution is -2.33. The lowest BCUT2D eigenvalue weighted by atomic mass is 9.85. The van der Waals surface area contributed by atoms with Crippen molar-refractivity contribution in [3.05, 3.63) is 65.2 Å². The third-order valence-electron chi connectivity index (χ3n) is 7.06. The number of nitrogens with one attached hydrogen (secondary N) is 1. The van der Waals surface area contributed by atoms with Crippen LogP contribution in [0.5, 0.6) is 5.75 Å². The van der Waals surface area contributed by atoms with Gasteiger partial charge in [0.2, 0.25) is 5.91 Å². The second kappa shape index (κ2) is 13.6. The van der Waals surface area contributed by atoms with Crippen molar-refractivity contribution >= 4 is 23.5 Å². The number of nitrogen functional groups attached to an aromatic ring is 1. The van der Waals surface area contributed by atoms with Gasteiger partial charge in [0.05, 0.1) is 18.7 Å². The molecular formula is C30H40N6O4. The molecular weight excluding hydrogens is 508 g/mol.